The second kappa shape index (κ2) is 11.4. The summed E-state index contributed by atoms with van der Waals surface area (Å²) in [5.74, 6) is 1.56. The molecule has 0 saturated heterocycles. The third-order valence-electron chi connectivity index (χ3n) is 5.78. The first-order valence-electron chi connectivity index (χ1n) is 11.0. The zero-order valence-corrected chi connectivity index (χ0v) is 19.0. The first kappa shape index (κ1) is 23.4. The number of nitrogens with one attached hydrogen (secondary N) is 1. The van der Waals surface area contributed by atoms with E-state index in [2.05, 4.69) is 5.32 Å². The van der Waals surface area contributed by atoms with Crippen LogP contribution in [0, 0.1) is 0 Å². The maximum absolute atomic E-state index is 13.1. The zero-order valence-electron chi connectivity index (χ0n) is 19.0. The molecule has 2 amide bonds. The van der Waals surface area contributed by atoms with E-state index in [1.165, 1.54) is 0 Å². The van der Waals surface area contributed by atoms with E-state index in [-0.39, 0.29) is 31.0 Å². The molecule has 32 heavy (non-hydrogen) atoms. The molecule has 1 unspecified atom stereocenters. The first-order valence-corrected chi connectivity index (χ1v) is 11.0. The zero-order chi connectivity index (χ0) is 22.9. The van der Waals surface area contributed by atoms with Crippen molar-refractivity contribution in [3.05, 3.63) is 54.1 Å². The topological polar surface area (TPSA) is 77.1 Å². The van der Waals surface area contributed by atoms with E-state index in [0.717, 1.165) is 31.2 Å². The molecule has 172 valence electrons. The van der Waals surface area contributed by atoms with Crippen LogP contribution in [0.1, 0.15) is 38.2 Å². The van der Waals surface area contributed by atoms with Crippen molar-refractivity contribution in [1.29, 1.82) is 0 Å². The third kappa shape index (κ3) is 6.39. The summed E-state index contributed by atoms with van der Waals surface area (Å²) in [6.07, 6.45) is 4.23. The van der Waals surface area contributed by atoms with E-state index < -0.39 is 6.04 Å². The van der Waals surface area contributed by atoms with Gasteiger partial charge in [0.05, 0.1) is 14.2 Å². The average Bonchev–Trinajstić information content (AvgIpc) is 3.34. The highest BCUT2D eigenvalue weighted by Crippen LogP contribution is 2.20. The molecule has 1 atom stereocenters. The van der Waals surface area contributed by atoms with Gasteiger partial charge in [-0.05, 0) is 61.7 Å². The molecule has 0 spiro atoms. The van der Waals surface area contributed by atoms with Crippen LogP contribution in [-0.2, 0) is 16.1 Å². The van der Waals surface area contributed by atoms with Gasteiger partial charge in [-0.2, -0.15) is 0 Å². The van der Waals surface area contributed by atoms with Gasteiger partial charge in [0.15, 0.2) is 6.61 Å². The fourth-order valence-corrected chi connectivity index (χ4v) is 3.84. The standard InChI is InChI=1S/C25H32N2O5/c1-18(25(29)26-20-8-4-5-9-20)27(16-19-7-6-10-23(15-19)31-3)24(28)17-32-22-13-11-21(30-2)12-14-22/h6-7,10-15,18,20H,4-5,8-9,16-17H2,1-3H3,(H,26,29). The van der Waals surface area contributed by atoms with Crippen LogP contribution in [0.15, 0.2) is 48.5 Å². The van der Waals surface area contributed by atoms with Crippen molar-refractivity contribution in [2.45, 2.75) is 51.2 Å². The van der Waals surface area contributed by atoms with Gasteiger partial charge in [0, 0.05) is 12.6 Å². The van der Waals surface area contributed by atoms with Gasteiger partial charge in [-0.15, -0.1) is 0 Å². The lowest BCUT2D eigenvalue weighted by atomic mass is 10.1. The monoisotopic (exact) mass is 440 g/mol. The summed E-state index contributed by atoms with van der Waals surface area (Å²) in [6, 6.07) is 14.1. The number of hydrogen-bond acceptors (Lipinski definition) is 5. The van der Waals surface area contributed by atoms with Crippen LogP contribution in [-0.4, -0.2) is 49.6 Å². The normalized spacial score (nSPS) is 14.5. The Labute approximate surface area is 189 Å². The largest absolute Gasteiger partial charge is 0.497 e. The van der Waals surface area contributed by atoms with E-state index in [4.69, 9.17) is 14.2 Å². The first-order chi connectivity index (χ1) is 15.5. The summed E-state index contributed by atoms with van der Waals surface area (Å²) in [4.78, 5) is 27.6. The molecule has 1 aliphatic rings. The van der Waals surface area contributed by atoms with Crippen molar-refractivity contribution < 1.29 is 23.8 Å². The van der Waals surface area contributed by atoms with Gasteiger partial charge in [0.25, 0.3) is 5.91 Å². The van der Waals surface area contributed by atoms with Gasteiger partial charge in [0.1, 0.15) is 23.3 Å². The Balaban J connectivity index is 1.71. The van der Waals surface area contributed by atoms with Crippen molar-refractivity contribution in [2.75, 3.05) is 20.8 Å². The quantitative estimate of drug-likeness (QED) is 0.611. The van der Waals surface area contributed by atoms with Crippen LogP contribution < -0.4 is 19.5 Å². The molecule has 0 aromatic heterocycles. The van der Waals surface area contributed by atoms with Crippen LogP contribution in [0.5, 0.6) is 17.2 Å². The summed E-state index contributed by atoms with van der Waals surface area (Å²) < 4.78 is 16.1. The van der Waals surface area contributed by atoms with E-state index in [9.17, 15) is 9.59 Å². The second-order valence-electron chi connectivity index (χ2n) is 8.00. The molecule has 1 N–H and O–H groups in total. The highest BCUT2D eigenvalue weighted by atomic mass is 16.5. The Hall–Kier alpha value is -3.22. The van der Waals surface area contributed by atoms with Crippen LogP contribution >= 0.6 is 0 Å². The summed E-state index contributed by atoms with van der Waals surface area (Å²) in [6.45, 7) is 1.87. The van der Waals surface area contributed by atoms with Crippen molar-refractivity contribution in [3.8, 4) is 17.2 Å². The second-order valence-corrected chi connectivity index (χ2v) is 8.00. The molecular weight excluding hydrogens is 408 g/mol. The molecule has 2 aromatic carbocycles. The summed E-state index contributed by atoms with van der Waals surface area (Å²) >= 11 is 0. The SMILES string of the molecule is COc1ccc(OCC(=O)N(Cc2cccc(OC)c2)C(C)C(=O)NC2CCCC2)cc1. The van der Waals surface area contributed by atoms with Crippen molar-refractivity contribution >= 4 is 11.8 Å². The number of nitrogens with zero attached hydrogens (tertiary/aromatic N) is 1. The van der Waals surface area contributed by atoms with Crippen LogP contribution in [0.3, 0.4) is 0 Å². The molecule has 7 heteroatoms. The fourth-order valence-electron chi connectivity index (χ4n) is 3.84. The molecule has 0 bridgehead atoms. The lowest BCUT2D eigenvalue weighted by Gasteiger charge is -2.29. The van der Waals surface area contributed by atoms with Gasteiger partial charge in [-0.3, -0.25) is 9.59 Å². The molecule has 1 fully saturated rings. The van der Waals surface area contributed by atoms with E-state index in [1.807, 2.05) is 24.3 Å². The van der Waals surface area contributed by atoms with E-state index >= 15 is 0 Å². The average molecular weight is 441 g/mol. The number of ether oxygens (including phenoxy) is 3. The Morgan fingerprint density at radius 3 is 2.31 bits per heavy atom. The molecule has 3 rings (SSSR count). The number of benzene rings is 2. The number of rotatable bonds is 10. The number of amides is 2. The molecule has 0 aliphatic heterocycles. The number of carbonyl (C=O) groups excluding carboxylic acids is 2. The smallest absolute Gasteiger partial charge is 0.261 e. The van der Waals surface area contributed by atoms with Crippen LogP contribution in [0.2, 0.25) is 0 Å². The molecule has 2 aromatic rings. The third-order valence-corrected chi connectivity index (χ3v) is 5.78. The molecule has 1 saturated carbocycles. The van der Waals surface area contributed by atoms with Crippen LogP contribution in [0.25, 0.3) is 0 Å². The number of carbonyl (C=O) groups is 2. The van der Waals surface area contributed by atoms with E-state index in [1.54, 1.807) is 50.3 Å². The molecule has 0 heterocycles. The molecule has 1 aliphatic carbocycles. The summed E-state index contributed by atoms with van der Waals surface area (Å²) in [5, 5.41) is 3.10. The Morgan fingerprint density at radius 2 is 1.66 bits per heavy atom. The van der Waals surface area contributed by atoms with E-state index in [0.29, 0.717) is 17.2 Å². The van der Waals surface area contributed by atoms with Gasteiger partial charge in [-0.1, -0.05) is 25.0 Å². The van der Waals surface area contributed by atoms with Gasteiger partial charge < -0.3 is 24.4 Å². The fraction of sp³-hybridized carbons (Fsp3) is 0.440. The summed E-state index contributed by atoms with van der Waals surface area (Å²) in [5.41, 5.74) is 0.877. The van der Waals surface area contributed by atoms with Gasteiger partial charge >= 0.3 is 0 Å². The van der Waals surface area contributed by atoms with Crippen molar-refractivity contribution in [1.82, 2.24) is 10.2 Å². The highest BCUT2D eigenvalue weighted by molar-refractivity contribution is 5.88. The molecule has 7 nitrogen and oxygen atoms in total. The molecule has 0 radical (unpaired) electrons. The minimum atomic E-state index is -0.631. The number of hydrogen-bond donors (Lipinski definition) is 1. The van der Waals surface area contributed by atoms with Crippen molar-refractivity contribution in [2.24, 2.45) is 0 Å². The maximum atomic E-state index is 13.1. The predicted molar refractivity (Wildman–Crippen MR) is 122 cm³/mol. The van der Waals surface area contributed by atoms with Crippen LogP contribution in [0.4, 0.5) is 0 Å². The van der Waals surface area contributed by atoms with Crippen molar-refractivity contribution in [3.63, 3.8) is 0 Å². The lowest BCUT2D eigenvalue weighted by molar-refractivity contribution is -0.142. The lowest BCUT2D eigenvalue weighted by Crippen LogP contribution is -2.50. The highest BCUT2D eigenvalue weighted by Gasteiger charge is 2.28. The predicted octanol–water partition coefficient (Wildman–Crippen LogP) is 3.56. The Kier molecular flexibility index (Phi) is 8.36. The number of methoxy groups -OCH3 is 2. The Morgan fingerprint density at radius 1 is 1.00 bits per heavy atom. The molecular formula is C25H32N2O5. The Bertz CT molecular complexity index is 893. The minimum Gasteiger partial charge on any atom is -0.497 e. The minimum absolute atomic E-state index is 0.141. The maximum Gasteiger partial charge on any atom is 0.261 e. The van der Waals surface area contributed by atoms with Gasteiger partial charge in [0.2, 0.25) is 5.91 Å². The van der Waals surface area contributed by atoms with Gasteiger partial charge in [-0.25, -0.2) is 0 Å². The summed E-state index contributed by atoms with van der Waals surface area (Å²) in [7, 11) is 3.19.